The largest absolute Gasteiger partial charge is 0.508 e. The Morgan fingerprint density at radius 2 is 2.13 bits per heavy atom. The number of phenols is 1. The van der Waals surface area contributed by atoms with Gasteiger partial charge >= 0.3 is 0 Å². The molecule has 0 saturated heterocycles. The first-order valence-electron chi connectivity index (χ1n) is 4.99. The molecule has 4 heteroatoms. The second kappa shape index (κ2) is 5.68. The third kappa shape index (κ3) is 4.27. The highest BCUT2D eigenvalue weighted by Gasteiger charge is 2.02. The van der Waals surface area contributed by atoms with Gasteiger partial charge < -0.3 is 15.5 Å². The Bertz CT molecular complexity index is 297. The summed E-state index contributed by atoms with van der Waals surface area (Å²) < 4.78 is 12.8. The molecule has 0 fully saturated rings. The summed E-state index contributed by atoms with van der Waals surface area (Å²) in [4.78, 5) is 0. The number of aromatic hydroxyl groups is 1. The van der Waals surface area contributed by atoms with E-state index in [1.54, 1.807) is 0 Å². The van der Waals surface area contributed by atoms with Crippen LogP contribution >= 0.6 is 0 Å². The van der Waals surface area contributed by atoms with E-state index in [0.717, 1.165) is 6.07 Å². The van der Waals surface area contributed by atoms with Gasteiger partial charge in [-0.25, -0.2) is 4.39 Å². The van der Waals surface area contributed by atoms with Crippen LogP contribution in [0.1, 0.15) is 18.9 Å². The molecule has 1 aromatic carbocycles. The van der Waals surface area contributed by atoms with Crippen LogP contribution in [0.3, 0.4) is 0 Å². The molecule has 15 heavy (non-hydrogen) atoms. The van der Waals surface area contributed by atoms with Crippen LogP contribution in [-0.2, 0) is 6.54 Å². The molecule has 0 saturated carbocycles. The van der Waals surface area contributed by atoms with Crippen molar-refractivity contribution in [1.82, 2.24) is 5.32 Å². The standard InChI is InChI=1S/C11H16FNO2/c1-2-10(14)7-13-6-8-3-9(12)5-11(15)4-8/h3-5,10,13-15H,2,6-7H2,1H3. The first-order valence-corrected chi connectivity index (χ1v) is 4.99. The third-order valence-corrected chi connectivity index (χ3v) is 2.12. The van der Waals surface area contributed by atoms with Crippen molar-refractivity contribution in [3.8, 4) is 5.75 Å². The van der Waals surface area contributed by atoms with E-state index in [-0.39, 0.29) is 11.9 Å². The van der Waals surface area contributed by atoms with E-state index in [0.29, 0.717) is 25.1 Å². The molecule has 84 valence electrons. The van der Waals surface area contributed by atoms with E-state index in [1.165, 1.54) is 12.1 Å². The fraction of sp³-hybridized carbons (Fsp3) is 0.455. The van der Waals surface area contributed by atoms with Crippen LogP contribution in [0.15, 0.2) is 18.2 Å². The van der Waals surface area contributed by atoms with Crippen LogP contribution < -0.4 is 5.32 Å². The van der Waals surface area contributed by atoms with Crippen molar-refractivity contribution >= 4 is 0 Å². The Morgan fingerprint density at radius 3 is 2.73 bits per heavy atom. The fourth-order valence-electron chi connectivity index (χ4n) is 1.26. The molecule has 3 nitrogen and oxygen atoms in total. The van der Waals surface area contributed by atoms with Crippen molar-refractivity contribution in [3.05, 3.63) is 29.6 Å². The van der Waals surface area contributed by atoms with Crippen molar-refractivity contribution in [1.29, 1.82) is 0 Å². The Hall–Kier alpha value is -1.13. The monoisotopic (exact) mass is 213 g/mol. The molecule has 3 N–H and O–H groups in total. The number of aliphatic hydroxyl groups is 1. The SMILES string of the molecule is CCC(O)CNCc1cc(O)cc(F)c1. The molecule has 0 aromatic heterocycles. The van der Waals surface area contributed by atoms with Crippen molar-refractivity contribution in [2.75, 3.05) is 6.54 Å². The summed E-state index contributed by atoms with van der Waals surface area (Å²) in [5.74, 6) is -0.536. The van der Waals surface area contributed by atoms with Gasteiger partial charge in [-0.1, -0.05) is 6.92 Å². The van der Waals surface area contributed by atoms with Crippen LogP contribution in [0.25, 0.3) is 0 Å². The highest BCUT2D eigenvalue weighted by atomic mass is 19.1. The average molecular weight is 213 g/mol. The van der Waals surface area contributed by atoms with Crippen LogP contribution in [0, 0.1) is 5.82 Å². The van der Waals surface area contributed by atoms with Crippen LogP contribution in [0.5, 0.6) is 5.75 Å². The maximum absolute atomic E-state index is 12.8. The van der Waals surface area contributed by atoms with Crippen molar-refractivity contribution in [2.45, 2.75) is 26.0 Å². The zero-order valence-corrected chi connectivity index (χ0v) is 8.70. The Labute approximate surface area is 88.6 Å². The molecule has 0 heterocycles. The number of benzene rings is 1. The lowest BCUT2D eigenvalue weighted by Crippen LogP contribution is -2.25. The first-order chi connectivity index (χ1) is 7.11. The average Bonchev–Trinajstić information content (AvgIpc) is 2.16. The maximum atomic E-state index is 12.8. The zero-order chi connectivity index (χ0) is 11.3. The number of rotatable bonds is 5. The molecule has 0 aliphatic carbocycles. The minimum Gasteiger partial charge on any atom is -0.508 e. The zero-order valence-electron chi connectivity index (χ0n) is 8.70. The lowest BCUT2D eigenvalue weighted by molar-refractivity contribution is 0.167. The second-order valence-corrected chi connectivity index (χ2v) is 3.51. The van der Waals surface area contributed by atoms with Gasteiger partial charge in [0.1, 0.15) is 11.6 Å². The molecule has 1 aromatic rings. The van der Waals surface area contributed by atoms with Crippen molar-refractivity contribution in [2.24, 2.45) is 0 Å². The minimum absolute atomic E-state index is 0.0807. The minimum atomic E-state index is -0.456. The number of halogens is 1. The predicted octanol–water partition coefficient (Wildman–Crippen LogP) is 1.39. The van der Waals surface area contributed by atoms with Gasteiger partial charge in [-0.3, -0.25) is 0 Å². The topological polar surface area (TPSA) is 52.5 Å². The number of aliphatic hydroxyl groups excluding tert-OH is 1. The molecule has 0 aliphatic heterocycles. The van der Waals surface area contributed by atoms with Crippen molar-refractivity contribution < 1.29 is 14.6 Å². The van der Waals surface area contributed by atoms with Crippen LogP contribution in [0.2, 0.25) is 0 Å². The van der Waals surface area contributed by atoms with E-state index in [1.807, 2.05) is 6.92 Å². The summed E-state index contributed by atoms with van der Waals surface area (Å²) in [5.41, 5.74) is 0.663. The van der Waals surface area contributed by atoms with Gasteiger partial charge in [0.05, 0.1) is 6.10 Å². The van der Waals surface area contributed by atoms with E-state index < -0.39 is 5.82 Å². The molecule has 0 spiro atoms. The fourth-order valence-corrected chi connectivity index (χ4v) is 1.26. The summed E-state index contributed by atoms with van der Waals surface area (Å²) in [6.07, 6.45) is 0.300. The Morgan fingerprint density at radius 1 is 1.40 bits per heavy atom. The summed E-state index contributed by atoms with van der Waals surface area (Å²) in [6.45, 7) is 2.79. The summed E-state index contributed by atoms with van der Waals surface area (Å²) in [5, 5.41) is 21.4. The molecule has 0 aliphatic rings. The van der Waals surface area contributed by atoms with Gasteiger partial charge in [0.15, 0.2) is 0 Å². The lowest BCUT2D eigenvalue weighted by atomic mass is 10.2. The van der Waals surface area contributed by atoms with Gasteiger partial charge in [0, 0.05) is 19.2 Å². The first kappa shape index (κ1) is 11.9. The smallest absolute Gasteiger partial charge is 0.127 e. The summed E-state index contributed by atoms with van der Waals surface area (Å²) in [6, 6.07) is 3.91. The molecular weight excluding hydrogens is 197 g/mol. The maximum Gasteiger partial charge on any atom is 0.127 e. The van der Waals surface area contributed by atoms with Crippen LogP contribution in [-0.4, -0.2) is 22.9 Å². The van der Waals surface area contributed by atoms with E-state index in [2.05, 4.69) is 5.32 Å². The molecular formula is C11H16FNO2. The second-order valence-electron chi connectivity index (χ2n) is 3.51. The Balaban J connectivity index is 2.43. The Kier molecular flexibility index (Phi) is 4.52. The summed E-state index contributed by atoms with van der Waals surface area (Å²) >= 11 is 0. The normalized spacial score (nSPS) is 12.7. The molecule has 0 bridgehead atoms. The van der Waals surface area contributed by atoms with Gasteiger partial charge in [-0.05, 0) is 24.1 Å². The quantitative estimate of drug-likeness (QED) is 0.692. The summed E-state index contributed by atoms with van der Waals surface area (Å²) in [7, 11) is 0. The highest BCUT2D eigenvalue weighted by Crippen LogP contribution is 2.14. The van der Waals surface area contributed by atoms with Crippen LogP contribution in [0.4, 0.5) is 4.39 Å². The molecule has 1 rings (SSSR count). The molecule has 0 radical (unpaired) electrons. The molecule has 0 amide bonds. The van der Waals surface area contributed by atoms with Gasteiger partial charge in [0.2, 0.25) is 0 Å². The van der Waals surface area contributed by atoms with Gasteiger partial charge in [-0.2, -0.15) is 0 Å². The van der Waals surface area contributed by atoms with E-state index >= 15 is 0 Å². The molecule has 1 atom stereocenters. The number of hydrogen-bond acceptors (Lipinski definition) is 3. The van der Waals surface area contributed by atoms with Crippen molar-refractivity contribution in [3.63, 3.8) is 0 Å². The number of nitrogens with one attached hydrogen (secondary N) is 1. The van der Waals surface area contributed by atoms with Gasteiger partial charge in [0.25, 0.3) is 0 Å². The highest BCUT2D eigenvalue weighted by molar-refractivity contribution is 5.28. The third-order valence-electron chi connectivity index (χ3n) is 2.12. The molecule has 1 unspecified atom stereocenters. The lowest BCUT2D eigenvalue weighted by Gasteiger charge is -2.09. The van der Waals surface area contributed by atoms with E-state index in [4.69, 9.17) is 5.11 Å². The number of hydrogen-bond donors (Lipinski definition) is 3. The predicted molar refractivity (Wildman–Crippen MR) is 56.1 cm³/mol. The van der Waals surface area contributed by atoms with Gasteiger partial charge in [-0.15, -0.1) is 0 Å². The van der Waals surface area contributed by atoms with E-state index in [9.17, 15) is 9.50 Å². The number of phenolic OH excluding ortho intramolecular Hbond substituents is 1.